The highest BCUT2D eigenvalue weighted by Gasteiger charge is 2.42. The van der Waals surface area contributed by atoms with Crippen LogP contribution in [0.1, 0.15) is 59.3 Å². The van der Waals surface area contributed by atoms with Gasteiger partial charge in [0.25, 0.3) is 0 Å². The zero-order valence-electron chi connectivity index (χ0n) is 13.9. The highest BCUT2D eigenvalue weighted by Crippen LogP contribution is 2.39. The van der Waals surface area contributed by atoms with E-state index in [0.29, 0.717) is 31.7 Å². The first-order chi connectivity index (χ1) is 9.89. The summed E-state index contributed by atoms with van der Waals surface area (Å²) in [7, 11) is 0. The van der Waals surface area contributed by atoms with Crippen molar-refractivity contribution < 1.29 is 9.53 Å². The Hall–Kier alpha value is -0.610. The molecule has 4 heteroatoms. The smallest absolute Gasteiger partial charge is 0.227 e. The van der Waals surface area contributed by atoms with Crippen LogP contribution in [0.2, 0.25) is 0 Å². The Kier molecular flexibility index (Phi) is 5.31. The Morgan fingerprint density at radius 1 is 1.24 bits per heavy atom. The number of hydrogen-bond donors (Lipinski definition) is 2. The number of hydrogen-bond acceptors (Lipinski definition) is 3. The van der Waals surface area contributed by atoms with Crippen molar-refractivity contribution in [3.8, 4) is 0 Å². The molecule has 1 saturated carbocycles. The normalized spacial score (nSPS) is 29.9. The lowest BCUT2D eigenvalue weighted by atomic mass is 9.69. The summed E-state index contributed by atoms with van der Waals surface area (Å²) in [6.45, 7) is 8.59. The van der Waals surface area contributed by atoms with Crippen molar-refractivity contribution in [3.63, 3.8) is 0 Å². The Bertz CT molecular complexity index is 356. The van der Waals surface area contributed by atoms with Crippen molar-refractivity contribution in [3.05, 3.63) is 0 Å². The van der Waals surface area contributed by atoms with Crippen molar-refractivity contribution in [2.75, 3.05) is 19.8 Å². The number of nitrogens with one attached hydrogen (secondary N) is 1. The van der Waals surface area contributed by atoms with Crippen molar-refractivity contribution >= 4 is 5.91 Å². The molecule has 2 fully saturated rings. The van der Waals surface area contributed by atoms with E-state index in [2.05, 4.69) is 26.1 Å². The van der Waals surface area contributed by atoms with E-state index >= 15 is 0 Å². The quantitative estimate of drug-likeness (QED) is 0.841. The summed E-state index contributed by atoms with van der Waals surface area (Å²) in [6.07, 6.45) is 6.32. The van der Waals surface area contributed by atoms with Crippen molar-refractivity contribution in [2.24, 2.45) is 22.5 Å². The van der Waals surface area contributed by atoms with Gasteiger partial charge < -0.3 is 15.8 Å². The van der Waals surface area contributed by atoms with Crippen LogP contribution in [0.5, 0.6) is 0 Å². The summed E-state index contributed by atoms with van der Waals surface area (Å²) < 4.78 is 5.41. The van der Waals surface area contributed by atoms with Gasteiger partial charge in [0.2, 0.25) is 5.91 Å². The molecule has 122 valence electrons. The lowest BCUT2D eigenvalue weighted by molar-refractivity contribution is -0.137. The second kappa shape index (κ2) is 6.66. The van der Waals surface area contributed by atoms with Gasteiger partial charge in [-0.15, -0.1) is 0 Å². The minimum absolute atomic E-state index is 0.162. The van der Waals surface area contributed by atoms with E-state index in [0.717, 1.165) is 19.3 Å². The fourth-order valence-electron chi connectivity index (χ4n) is 3.95. The summed E-state index contributed by atoms with van der Waals surface area (Å²) in [5, 5.41) is 3.36. The van der Waals surface area contributed by atoms with Crippen molar-refractivity contribution in [2.45, 2.75) is 65.3 Å². The van der Waals surface area contributed by atoms with Crippen molar-refractivity contribution in [1.29, 1.82) is 0 Å². The van der Waals surface area contributed by atoms with Crippen LogP contribution >= 0.6 is 0 Å². The van der Waals surface area contributed by atoms with Gasteiger partial charge >= 0.3 is 0 Å². The molecule has 1 amide bonds. The van der Waals surface area contributed by atoms with Crippen LogP contribution in [0.15, 0.2) is 0 Å². The summed E-state index contributed by atoms with van der Waals surface area (Å²) >= 11 is 0. The highest BCUT2D eigenvalue weighted by molar-refractivity contribution is 5.83. The van der Waals surface area contributed by atoms with E-state index in [-0.39, 0.29) is 11.3 Å². The maximum absolute atomic E-state index is 12.8. The minimum atomic E-state index is -0.405. The number of ether oxygens (including phenoxy) is 1. The largest absolute Gasteiger partial charge is 0.381 e. The third-order valence-corrected chi connectivity index (χ3v) is 5.52. The van der Waals surface area contributed by atoms with Gasteiger partial charge in [0.15, 0.2) is 0 Å². The fraction of sp³-hybridized carbons (Fsp3) is 0.941. The fourth-order valence-corrected chi connectivity index (χ4v) is 3.95. The molecule has 1 heterocycles. The first-order valence-corrected chi connectivity index (χ1v) is 8.48. The van der Waals surface area contributed by atoms with Gasteiger partial charge in [-0.1, -0.05) is 33.6 Å². The summed E-state index contributed by atoms with van der Waals surface area (Å²) in [6, 6.07) is 0.303. The van der Waals surface area contributed by atoms with Crippen molar-refractivity contribution in [1.82, 2.24) is 5.32 Å². The molecule has 0 aromatic heterocycles. The summed E-state index contributed by atoms with van der Waals surface area (Å²) in [5.74, 6) is 0.722. The predicted octanol–water partition coefficient (Wildman–Crippen LogP) is 2.46. The van der Waals surface area contributed by atoms with E-state index in [1.54, 1.807) is 0 Å². The monoisotopic (exact) mass is 296 g/mol. The molecule has 3 N–H and O–H groups in total. The number of carbonyl (C=O) groups is 1. The molecule has 4 nitrogen and oxygen atoms in total. The molecule has 0 radical (unpaired) electrons. The lowest BCUT2D eigenvalue weighted by Crippen LogP contribution is -2.55. The molecule has 2 aliphatic rings. The predicted molar refractivity (Wildman–Crippen MR) is 84.9 cm³/mol. The molecule has 0 aromatic carbocycles. The van der Waals surface area contributed by atoms with Gasteiger partial charge in [-0.3, -0.25) is 4.79 Å². The number of nitrogens with two attached hydrogens (primary N) is 1. The van der Waals surface area contributed by atoms with Crippen LogP contribution < -0.4 is 11.1 Å². The second-order valence-electron chi connectivity index (χ2n) is 7.93. The van der Waals surface area contributed by atoms with Gasteiger partial charge in [-0.2, -0.15) is 0 Å². The van der Waals surface area contributed by atoms with Crippen LogP contribution in [-0.4, -0.2) is 31.7 Å². The lowest BCUT2D eigenvalue weighted by Gasteiger charge is -2.43. The Morgan fingerprint density at radius 2 is 1.86 bits per heavy atom. The maximum atomic E-state index is 12.8. The first-order valence-electron chi connectivity index (χ1n) is 8.48. The average Bonchev–Trinajstić information content (AvgIpc) is 2.47. The van der Waals surface area contributed by atoms with Crippen LogP contribution in [0, 0.1) is 16.7 Å². The molecular weight excluding hydrogens is 264 g/mol. The van der Waals surface area contributed by atoms with E-state index in [9.17, 15) is 4.79 Å². The van der Waals surface area contributed by atoms with Crippen LogP contribution in [0.4, 0.5) is 0 Å². The maximum Gasteiger partial charge on any atom is 0.227 e. The molecule has 2 rings (SSSR count). The molecule has 1 saturated heterocycles. The highest BCUT2D eigenvalue weighted by atomic mass is 16.5. The standard InChI is InChI=1S/C17H32N2O2/c1-16(2,3)13-6-4-5-7-14(13)19-15(20)17(12-18)8-10-21-11-9-17/h13-14H,4-12,18H2,1-3H3,(H,19,20). The zero-order valence-corrected chi connectivity index (χ0v) is 13.9. The molecule has 2 atom stereocenters. The Morgan fingerprint density at radius 3 is 2.43 bits per heavy atom. The second-order valence-corrected chi connectivity index (χ2v) is 7.93. The molecule has 0 aromatic rings. The molecule has 21 heavy (non-hydrogen) atoms. The molecular formula is C17H32N2O2. The number of carbonyl (C=O) groups excluding carboxylic acids is 1. The Labute approximate surface area is 129 Å². The zero-order chi connectivity index (χ0) is 15.5. The molecule has 0 bridgehead atoms. The van der Waals surface area contributed by atoms with Crippen LogP contribution in [0.25, 0.3) is 0 Å². The third-order valence-electron chi connectivity index (χ3n) is 5.52. The van der Waals surface area contributed by atoms with Gasteiger partial charge in [0.1, 0.15) is 0 Å². The summed E-state index contributed by atoms with van der Waals surface area (Å²) in [5.41, 5.74) is 5.78. The van der Waals surface area contributed by atoms with E-state index in [4.69, 9.17) is 10.5 Å². The molecule has 2 unspecified atom stereocenters. The SMILES string of the molecule is CC(C)(C)C1CCCCC1NC(=O)C1(CN)CCOCC1. The average molecular weight is 296 g/mol. The van der Waals surface area contributed by atoms with Gasteiger partial charge in [0.05, 0.1) is 5.41 Å². The minimum Gasteiger partial charge on any atom is -0.381 e. The molecule has 1 aliphatic carbocycles. The van der Waals surface area contributed by atoms with Gasteiger partial charge in [-0.25, -0.2) is 0 Å². The first kappa shape index (κ1) is 16.8. The van der Waals surface area contributed by atoms with E-state index in [1.807, 2.05) is 0 Å². The molecule has 0 spiro atoms. The Balaban J connectivity index is 2.05. The van der Waals surface area contributed by atoms with Crippen LogP contribution in [-0.2, 0) is 9.53 Å². The van der Waals surface area contributed by atoms with Gasteiger partial charge in [0, 0.05) is 25.8 Å². The number of amides is 1. The van der Waals surface area contributed by atoms with E-state index in [1.165, 1.54) is 19.3 Å². The van der Waals surface area contributed by atoms with Gasteiger partial charge in [-0.05, 0) is 37.0 Å². The molecule has 1 aliphatic heterocycles. The van der Waals surface area contributed by atoms with Crippen LogP contribution in [0.3, 0.4) is 0 Å². The number of rotatable bonds is 3. The topological polar surface area (TPSA) is 64.4 Å². The third kappa shape index (κ3) is 3.78. The summed E-state index contributed by atoms with van der Waals surface area (Å²) in [4.78, 5) is 12.8. The van der Waals surface area contributed by atoms with E-state index < -0.39 is 5.41 Å².